The maximum atomic E-state index is 12.2. The van der Waals surface area contributed by atoms with Crippen LogP contribution in [-0.2, 0) is 33.8 Å². The quantitative estimate of drug-likeness (QED) is 0.775. The van der Waals surface area contributed by atoms with Gasteiger partial charge in [-0.25, -0.2) is 0 Å². The third-order valence-corrected chi connectivity index (χ3v) is 5.23. The number of aromatic nitrogens is 2. The maximum absolute atomic E-state index is 12.2. The van der Waals surface area contributed by atoms with E-state index in [1.807, 2.05) is 36.9 Å². The zero-order valence-corrected chi connectivity index (χ0v) is 16.0. The van der Waals surface area contributed by atoms with Gasteiger partial charge in [0.1, 0.15) is 0 Å². The highest BCUT2D eigenvalue weighted by molar-refractivity contribution is 6.39. The zero-order valence-electron chi connectivity index (χ0n) is 16.0. The minimum Gasteiger partial charge on any atom is -0.346 e. The largest absolute Gasteiger partial charge is 0.346 e. The predicted molar refractivity (Wildman–Crippen MR) is 104 cm³/mol. The lowest BCUT2D eigenvalue weighted by Gasteiger charge is -2.25. The summed E-state index contributed by atoms with van der Waals surface area (Å²) < 4.78 is 1.80. The van der Waals surface area contributed by atoms with Gasteiger partial charge in [-0.05, 0) is 56.0 Å². The first-order valence-electron chi connectivity index (χ1n) is 9.49. The average Bonchev–Trinajstić information content (AvgIpc) is 3.22. The summed E-state index contributed by atoms with van der Waals surface area (Å²) in [7, 11) is 0. The minimum atomic E-state index is -0.692. The van der Waals surface area contributed by atoms with Crippen molar-refractivity contribution in [1.82, 2.24) is 15.1 Å². The van der Waals surface area contributed by atoms with Crippen LogP contribution < -0.4 is 15.5 Å². The molecule has 2 N–H and O–H groups in total. The molecule has 3 amide bonds. The first-order valence-corrected chi connectivity index (χ1v) is 9.49. The minimum absolute atomic E-state index is 0.157. The summed E-state index contributed by atoms with van der Waals surface area (Å²) >= 11 is 0. The van der Waals surface area contributed by atoms with Crippen LogP contribution in [0.4, 0.5) is 11.4 Å². The van der Waals surface area contributed by atoms with E-state index in [0.29, 0.717) is 38.2 Å². The normalized spacial score (nSPS) is 14.8. The fourth-order valence-corrected chi connectivity index (χ4v) is 3.97. The van der Waals surface area contributed by atoms with Gasteiger partial charge in [0, 0.05) is 30.9 Å². The monoisotopic (exact) mass is 381 g/mol. The highest BCUT2D eigenvalue weighted by Gasteiger charge is 2.31. The molecule has 146 valence electrons. The van der Waals surface area contributed by atoms with E-state index in [9.17, 15) is 14.4 Å². The summed E-state index contributed by atoms with van der Waals surface area (Å²) in [5.74, 6) is -1.21. The summed E-state index contributed by atoms with van der Waals surface area (Å²) in [4.78, 5) is 38.2. The van der Waals surface area contributed by atoms with Crippen LogP contribution in [0.25, 0.3) is 0 Å². The summed E-state index contributed by atoms with van der Waals surface area (Å²) in [6, 6.07) is 5.69. The molecular weight excluding hydrogens is 358 g/mol. The number of carbonyl (C=O) groups excluding carboxylic acids is 3. The molecular formula is C20H23N5O3. The average molecular weight is 381 g/mol. The second kappa shape index (κ2) is 7.10. The van der Waals surface area contributed by atoms with Crippen LogP contribution in [0.1, 0.15) is 28.9 Å². The molecule has 0 saturated heterocycles. The van der Waals surface area contributed by atoms with Gasteiger partial charge >= 0.3 is 11.8 Å². The molecule has 8 nitrogen and oxygen atoms in total. The molecule has 2 aliphatic heterocycles. The van der Waals surface area contributed by atoms with Crippen LogP contribution in [0.5, 0.6) is 0 Å². The second-order valence-electron chi connectivity index (χ2n) is 7.30. The number of nitrogens with zero attached hydrogens (tertiary/aromatic N) is 3. The van der Waals surface area contributed by atoms with Crippen LogP contribution in [0.15, 0.2) is 18.2 Å². The highest BCUT2D eigenvalue weighted by Crippen LogP contribution is 2.38. The third-order valence-electron chi connectivity index (χ3n) is 5.23. The van der Waals surface area contributed by atoms with Gasteiger partial charge in [-0.2, -0.15) is 5.10 Å². The molecule has 0 bridgehead atoms. The SMILES string of the molecule is Cc1cc(C)n(CCNC(=O)C(=O)Nc2cc3c4c(c2)CCN4C(=O)CC3)n1. The van der Waals surface area contributed by atoms with Crippen molar-refractivity contribution in [3.8, 4) is 0 Å². The number of carbonyl (C=O) groups is 3. The number of aryl methyl sites for hydroxylation is 3. The summed E-state index contributed by atoms with van der Waals surface area (Å²) in [6.45, 7) is 5.37. The fraction of sp³-hybridized carbons (Fsp3) is 0.400. The Balaban J connectivity index is 1.37. The van der Waals surface area contributed by atoms with Crippen LogP contribution in [0, 0.1) is 13.8 Å². The lowest BCUT2D eigenvalue weighted by molar-refractivity contribution is -0.136. The van der Waals surface area contributed by atoms with E-state index in [1.54, 1.807) is 4.68 Å². The molecule has 3 heterocycles. The van der Waals surface area contributed by atoms with Crippen molar-refractivity contribution in [2.24, 2.45) is 0 Å². The number of anilines is 2. The van der Waals surface area contributed by atoms with Gasteiger partial charge in [0.2, 0.25) is 5.91 Å². The molecule has 2 aliphatic rings. The van der Waals surface area contributed by atoms with Crippen molar-refractivity contribution in [3.05, 3.63) is 40.7 Å². The predicted octanol–water partition coefficient (Wildman–Crippen LogP) is 1.09. The maximum Gasteiger partial charge on any atom is 0.313 e. The smallest absolute Gasteiger partial charge is 0.313 e. The first kappa shape index (κ1) is 18.2. The zero-order chi connectivity index (χ0) is 19.8. The third kappa shape index (κ3) is 3.37. The van der Waals surface area contributed by atoms with Crippen molar-refractivity contribution >= 4 is 29.1 Å². The van der Waals surface area contributed by atoms with Gasteiger partial charge in [0.25, 0.3) is 0 Å². The number of rotatable bonds is 4. The van der Waals surface area contributed by atoms with Crippen molar-refractivity contribution in [1.29, 1.82) is 0 Å². The van der Waals surface area contributed by atoms with E-state index in [-0.39, 0.29) is 5.91 Å². The van der Waals surface area contributed by atoms with Gasteiger partial charge in [0.05, 0.1) is 17.9 Å². The van der Waals surface area contributed by atoms with Crippen LogP contribution in [-0.4, -0.2) is 40.6 Å². The van der Waals surface area contributed by atoms with E-state index in [1.165, 1.54) is 0 Å². The molecule has 0 fully saturated rings. The Morgan fingerprint density at radius 2 is 1.82 bits per heavy atom. The summed E-state index contributed by atoms with van der Waals surface area (Å²) in [5.41, 5.74) is 5.62. The number of amides is 3. The van der Waals surface area contributed by atoms with Crippen LogP contribution >= 0.6 is 0 Å². The van der Waals surface area contributed by atoms with Crippen LogP contribution in [0.2, 0.25) is 0 Å². The Bertz CT molecular complexity index is 978. The molecule has 28 heavy (non-hydrogen) atoms. The molecule has 0 atom stereocenters. The van der Waals surface area contributed by atoms with Gasteiger partial charge in [-0.1, -0.05) is 0 Å². The Labute approximate surface area is 162 Å². The molecule has 0 aliphatic carbocycles. The number of hydrogen-bond donors (Lipinski definition) is 2. The second-order valence-corrected chi connectivity index (χ2v) is 7.30. The van der Waals surface area contributed by atoms with Crippen molar-refractivity contribution < 1.29 is 14.4 Å². The Kier molecular flexibility index (Phi) is 4.62. The van der Waals surface area contributed by atoms with Gasteiger partial charge < -0.3 is 15.5 Å². The number of hydrogen-bond acceptors (Lipinski definition) is 4. The highest BCUT2D eigenvalue weighted by atomic mass is 16.2. The van der Waals surface area contributed by atoms with E-state index in [2.05, 4.69) is 15.7 Å². The van der Waals surface area contributed by atoms with Crippen molar-refractivity contribution in [2.75, 3.05) is 23.3 Å². The molecule has 1 aromatic heterocycles. The van der Waals surface area contributed by atoms with E-state index >= 15 is 0 Å². The van der Waals surface area contributed by atoms with E-state index in [4.69, 9.17) is 0 Å². The van der Waals surface area contributed by atoms with Gasteiger partial charge in [-0.3, -0.25) is 19.1 Å². The molecule has 4 rings (SSSR count). The Morgan fingerprint density at radius 3 is 2.54 bits per heavy atom. The van der Waals surface area contributed by atoms with Gasteiger partial charge in [-0.15, -0.1) is 0 Å². The lowest BCUT2D eigenvalue weighted by atomic mass is 9.98. The van der Waals surface area contributed by atoms with E-state index < -0.39 is 11.8 Å². The molecule has 0 radical (unpaired) electrons. The van der Waals surface area contributed by atoms with E-state index in [0.717, 1.165) is 34.6 Å². The molecule has 0 spiro atoms. The molecule has 0 saturated carbocycles. The van der Waals surface area contributed by atoms with Crippen LogP contribution in [0.3, 0.4) is 0 Å². The first-order chi connectivity index (χ1) is 13.4. The lowest BCUT2D eigenvalue weighted by Crippen LogP contribution is -2.37. The number of benzene rings is 1. The molecule has 2 aromatic rings. The molecule has 0 unspecified atom stereocenters. The Morgan fingerprint density at radius 1 is 1.07 bits per heavy atom. The van der Waals surface area contributed by atoms with Crippen molar-refractivity contribution in [2.45, 2.75) is 39.7 Å². The molecule has 8 heteroatoms. The fourth-order valence-electron chi connectivity index (χ4n) is 3.97. The van der Waals surface area contributed by atoms with Crippen molar-refractivity contribution in [3.63, 3.8) is 0 Å². The van der Waals surface area contributed by atoms with Gasteiger partial charge in [0.15, 0.2) is 0 Å². The molecule has 1 aromatic carbocycles. The summed E-state index contributed by atoms with van der Waals surface area (Å²) in [5, 5.41) is 9.64. The number of nitrogens with one attached hydrogen (secondary N) is 2. The summed E-state index contributed by atoms with van der Waals surface area (Å²) in [6.07, 6.45) is 1.92. The Hall–Kier alpha value is -3.16. The standard InChI is InChI=1S/C20H23N5O3/c1-12-9-13(2)25(23-12)8-6-21-19(27)20(28)22-16-10-14-3-4-17(26)24-7-5-15(11-16)18(14)24/h9-11H,3-8H2,1-2H3,(H,21,27)(H,22,28). The topological polar surface area (TPSA) is 96.3 Å².